The predicted octanol–water partition coefficient (Wildman–Crippen LogP) is 2.52. The van der Waals surface area contributed by atoms with Gasteiger partial charge < -0.3 is 10.2 Å². The molecule has 1 aromatic rings. The Balaban J connectivity index is 2.28. The van der Waals surface area contributed by atoms with Crippen LogP contribution in [0.15, 0.2) is 24.8 Å². The Morgan fingerprint density at radius 2 is 2.28 bits per heavy atom. The molecule has 1 aromatic heterocycles. The maximum absolute atomic E-state index is 4.76. The molecule has 1 fully saturated rings. The van der Waals surface area contributed by atoms with Gasteiger partial charge in [0, 0.05) is 24.8 Å². The summed E-state index contributed by atoms with van der Waals surface area (Å²) in [5, 5.41) is 3.21. The van der Waals surface area contributed by atoms with Crippen molar-refractivity contribution in [1.82, 2.24) is 10.3 Å². The first-order valence-corrected chi connectivity index (χ1v) is 6.80. The summed E-state index contributed by atoms with van der Waals surface area (Å²) in [6, 6.07) is 5.07. The molecule has 1 aliphatic rings. The number of anilines is 1. The smallest absolute Gasteiger partial charge is 0.129 e. The molecular formula is C15H23N3. The van der Waals surface area contributed by atoms with Crippen LogP contribution in [0.5, 0.6) is 0 Å². The molecule has 0 saturated heterocycles. The Bertz CT molecular complexity index is 410. The van der Waals surface area contributed by atoms with Crippen LogP contribution in [-0.2, 0) is 13.0 Å². The fraction of sp³-hybridized carbons (Fsp3) is 0.533. The first kappa shape index (κ1) is 13.1. The molecule has 0 spiro atoms. The average Bonchev–Trinajstić information content (AvgIpc) is 3.20. The van der Waals surface area contributed by atoms with Gasteiger partial charge in [-0.2, -0.15) is 0 Å². The Kier molecular flexibility index (Phi) is 4.37. The van der Waals surface area contributed by atoms with Gasteiger partial charge in [-0.15, -0.1) is 6.58 Å². The summed E-state index contributed by atoms with van der Waals surface area (Å²) in [6.07, 6.45) is 5.52. The Morgan fingerprint density at radius 3 is 2.83 bits per heavy atom. The zero-order valence-corrected chi connectivity index (χ0v) is 11.4. The fourth-order valence-electron chi connectivity index (χ4n) is 2.22. The lowest BCUT2D eigenvalue weighted by Crippen LogP contribution is -2.27. The fourth-order valence-corrected chi connectivity index (χ4v) is 2.22. The van der Waals surface area contributed by atoms with E-state index in [9.17, 15) is 0 Å². The van der Waals surface area contributed by atoms with Crippen LogP contribution in [0.2, 0.25) is 0 Å². The highest BCUT2D eigenvalue weighted by Gasteiger charge is 2.29. The van der Waals surface area contributed by atoms with Crippen molar-refractivity contribution < 1.29 is 0 Å². The van der Waals surface area contributed by atoms with Crippen molar-refractivity contribution in [2.24, 2.45) is 0 Å². The molecule has 0 atom stereocenters. The van der Waals surface area contributed by atoms with Crippen molar-refractivity contribution in [3.8, 4) is 0 Å². The Labute approximate surface area is 110 Å². The quantitative estimate of drug-likeness (QED) is 0.748. The van der Waals surface area contributed by atoms with Gasteiger partial charge in [0.1, 0.15) is 5.82 Å². The molecule has 0 radical (unpaired) electrons. The molecule has 2 rings (SSSR count). The van der Waals surface area contributed by atoms with E-state index >= 15 is 0 Å². The number of rotatable bonds is 7. The van der Waals surface area contributed by atoms with Crippen molar-refractivity contribution in [2.45, 2.75) is 38.8 Å². The van der Waals surface area contributed by atoms with E-state index in [0.717, 1.165) is 25.3 Å². The number of hydrogen-bond acceptors (Lipinski definition) is 3. The topological polar surface area (TPSA) is 28.2 Å². The standard InChI is InChI=1S/C15H23N3/c1-4-8-18(14-6-7-14)15-10-12(11-16-3)9-13(5-2)17-15/h4,9-10,14,16H,1,5-8,11H2,2-3H3. The van der Waals surface area contributed by atoms with Crippen molar-refractivity contribution >= 4 is 5.82 Å². The van der Waals surface area contributed by atoms with Gasteiger partial charge in [-0.05, 0) is 44.0 Å². The number of aryl methyl sites for hydroxylation is 1. The van der Waals surface area contributed by atoms with E-state index in [4.69, 9.17) is 4.98 Å². The van der Waals surface area contributed by atoms with E-state index < -0.39 is 0 Å². The second kappa shape index (κ2) is 6.01. The molecule has 1 saturated carbocycles. The normalized spacial score (nSPS) is 14.6. The van der Waals surface area contributed by atoms with E-state index in [2.05, 4.69) is 35.9 Å². The van der Waals surface area contributed by atoms with Gasteiger partial charge in [0.15, 0.2) is 0 Å². The lowest BCUT2D eigenvalue weighted by Gasteiger charge is -2.23. The van der Waals surface area contributed by atoms with E-state index in [1.54, 1.807) is 0 Å². The molecule has 0 bridgehead atoms. The second-order valence-corrected chi connectivity index (χ2v) is 4.88. The zero-order chi connectivity index (χ0) is 13.0. The van der Waals surface area contributed by atoms with E-state index in [-0.39, 0.29) is 0 Å². The lowest BCUT2D eigenvalue weighted by molar-refractivity contribution is 0.796. The van der Waals surface area contributed by atoms with Crippen molar-refractivity contribution in [3.63, 3.8) is 0 Å². The van der Waals surface area contributed by atoms with Crippen LogP contribution in [0.25, 0.3) is 0 Å². The molecule has 98 valence electrons. The van der Waals surface area contributed by atoms with Gasteiger partial charge in [-0.25, -0.2) is 4.98 Å². The second-order valence-electron chi connectivity index (χ2n) is 4.88. The van der Waals surface area contributed by atoms with Crippen molar-refractivity contribution in [3.05, 3.63) is 36.0 Å². The molecule has 0 aromatic carbocycles. The molecule has 1 heterocycles. The molecule has 3 heteroatoms. The van der Waals surface area contributed by atoms with Crippen molar-refractivity contribution in [2.75, 3.05) is 18.5 Å². The maximum atomic E-state index is 4.76. The highest BCUT2D eigenvalue weighted by atomic mass is 15.2. The number of hydrogen-bond donors (Lipinski definition) is 1. The van der Waals surface area contributed by atoms with Gasteiger partial charge in [0.05, 0.1) is 0 Å². The maximum Gasteiger partial charge on any atom is 0.129 e. The van der Waals surface area contributed by atoms with Crippen LogP contribution in [0.1, 0.15) is 31.0 Å². The third-order valence-corrected chi connectivity index (χ3v) is 3.28. The predicted molar refractivity (Wildman–Crippen MR) is 76.9 cm³/mol. The summed E-state index contributed by atoms with van der Waals surface area (Å²) in [6.45, 7) is 7.80. The highest BCUT2D eigenvalue weighted by molar-refractivity contribution is 5.46. The van der Waals surface area contributed by atoms with Gasteiger partial charge in [0.25, 0.3) is 0 Å². The highest BCUT2D eigenvalue weighted by Crippen LogP contribution is 2.31. The molecule has 1 N–H and O–H groups in total. The van der Waals surface area contributed by atoms with Gasteiger partial charge in [-0.3, -0.25) is 0 Å². The number of nitrogens with one attached hydrogen (secondary N) is 1. The van der Waals surface area contributed by atoms with Crippen LogP contribution in [0.3, 0.4) is 0 Å². The molecule has 0 unspecified atom stereocenters. The van der Waals surface area contributed by atoms with Crippen LogP contribution in [0.4, 0.5) is 5.82 Å². The largest absolute Gasteiger partial charge is 0.350 e. The first-order valence-electron chi connectivity index (χ1n) is 6.80. The van der Waals surface area contributed by atoms with E-state index in [1.807, 2.05) is 13.1 Å². The first-order chi connectivity index (χ1) is 8.78. The number of pyridine rings is 1. The molecular weight excluding hydrogens is 222 g/mol. The molecule has 18 heavy (non-hydrogen) atoms. The Hall–Kier alpha value is -1.35. The molecule has 3 nitrogen and oxygen atoms in total. The minimum Gasteiger partial charge on any atom is -0.350 e. The SMILES string of the molecule is C=CCN(c1cc(CNC)cc(CC)n1)C1CC1. The monoisotopic (exact) mass is 245 g/mol. The lowest BCUT2D eigenvalue weighted by atomic mass is 10.2. The van der Waals surface area contributed by atoms with Gasteiger partial charge in [-0.1, -0.05) is 13.0 Å². The van der Waals surface area contributed by atoms with Crippen LogP contribution in [-0.4, -0.2) is 24.6 Å². The zero-order valence-electron chi connectivity index (χ0n) is 11.4. The van der Waals surface area contributed by atoms with Crippen LogP contribution < -0.4 is 10.2 Å². The summed E-state index contributed by atoms with van der Waals surface area (Å²) < 4.78 is 0. The van der Waals surface area contributed by atoms with Crippen LogP contribution >= 0.6 is 0 Å². The summed E-state index contributed by atoms with van der Waals surface area (Å²) in [5.74, 6) is 1.11. The Morgan fingerprint density at radius 1 is 1.50 bits per heavy atom. The van der Waals surface area contributed by atoms with E-state index in [0.29, 0.717) is 6.04 Å². The van der Waals surface area contributed by atoms with Gasteiger partial charge in [0.2, 0.25) is 0 Å². The van der Waals surface area contributed by atoms with E-state index in [1.165, 1.54) is 24.1 Å². The minimum absolute atomic E-state index is 0.671. The average molecular weight is 245 g/mol. The molecule has 0 aliphatic heterocycles. The summed E-state index contributed by atoms with van der Waals surface area (Å²) >= 11 is 0. The van der Waals surface area contributed by atoms with Crippen LogP contribution in [0, 0.1) is 0 Å². The third-order valence-electron chi connectivity index (χ3n) is 3.28. The summed E-state index contributed by atoms with van der Waals surface area (Å²) in [4.78, 5) is 7.14. The molecule has 1 aliphatic carbocycles. The number of aromatic nitrogens is 1. The molecule has 0 amide bonds. The van der Waals surface area contributed by atoms with Gasteiger partial charge >= 0.3 is 0 Å². The summed E-state index contributed by atoms with van der Waals surface area (Å²) in [7, 11) is 1.98. The summed E-state index contributed by atoms with van der Waals surface area (Å²) in [5.41, 5.74) is 2.49. The third kappa shape index (κ3) is 3.10. The minimum atomic E-state index is 0.671. The van der Waals surface area contributed by atoms with Crippen molar-refractivity contribution in [1.29, 1.82) is 0 Å². The number of nitrogens with zero attached hydrogens (tertiary/aromatic N) is 2.